The molecular formula is C11H21N3O4S. The zero-order valence-electron chi connectivity index (χ0n) is 11.5. The average molecular weight is 291 g/mol. The number of rotatable bonds is 5. The van der Waals surface area contributed by atoms with Gasteiger partial charge in [0.15, 0.2) is 0 Å². The number of amides is 2. The normalized spacial score (nSPS) is 17.9. The molecule has 110 valence electrons. The number of hydrogen-bond acceptors (Lipinski definition) is 4. The lowest BCUT2D eigenvalue weighted by molar-refractivity contribution is -0.138. The van der Waals surface area contributed by atoms with Crippen molar-refractivity contribution in [3.05, 3.63) is 0 Å². The van der Waals surface area contributed by atoms with E-state index in [0.29, 0.717) is 0 Å². The van der Waals surface area contributed by atoms with Gasteiger partial charge in [-0.15, -0.1) is 0 Å². The van der Waals surface area contributed by atoms with Crippen molar-refractivity contribution in [3.8, 4) is 0 Å². The summed E-state index contributed by atoms with van der Waals surface area (Å²) in [5, 5.41) is 2.70. The van der Waals surface area contributed by atoms with Crippen molar-refractivity contribution in [2.24, 2.45) is 0 Å². The molecule has 0 radical (unpaired) electrons. The molecule has 0 bridgehead atoms. The molecule has 7 nitrogen and oxygen atoms in total. The molecule has 0 atom stereocenters. The molecule has 1 saturated heterocycles. The second-order valence-electron chi connectivity index (χ2n) is 4.77. The molecule has 0 saturated carbocycles. The third-order valence-electron chi connectivity index (χ3n) is 2.83. The molecule has 1 aliphatic heterocycles. The first-order valence-electron chi connectivity index (χ1n) is 6.31. The number of hydrogen-bond donors (Lipinski definition) is 1. The highest BCUT2D eigenvalue weighted by molar-refractivity contribution is 7.89. The predicted octanol–water partition coefficient (Wildman–Crippen LogP) is -0.995. The molecule has 2 amide bonds. The Labute approximate surface area is 114 Å². The molecule has 19 heavy (non-hydrogen) atoms. The van der Waals surface area contributed by atoms with Crippen LogP contribution >= 0.6 is 0 Å². The maximum atomic E-state index is 11.8. The van der Waals surface area contributed by atoms with Gasteiger partial charge in [-0.1, -0.05) is 0 Å². The zero-order valence-corrected chi connectivity index (χ0v) is 12.4. The van der Waals surface area contributed by atoms with E-state index in [1.54, 1.807) is 6.92 Å². The summed E-state index contributed by atoms with van der Waals surface area (Å²) in [6, 6.07) is 0.0179. The Morgan fingerprint density at radius 2 is 2.00 bits per heavy atom. The number of nitrogens with one attached hydrogen (secondary N) is 1. The first-order valence-corrected chi connectivity index (χ1v) is 7.92. The van der Waals surface area contributed by atoms with Crippen molar-refractivity contribution in [1.29, 1.82) is 0 Å². The Kier molecular flexibility index (Phi) is 5.30. The van der Waals surface area contributed by atoms with Gasteiger partial charge in [0.1, 0.15) is 0 Å². The van der Waals surface area contributed by atoms with Gasteiger partial charge in [0, 0.05) is 19.1 Å². The first-order chi connectivity index (χ1) is 8.76. The van der Waals surface area contributed by atoms with E-state index in [1.165, 1.54) is 9.21 Å². The van der Waals surface area contributed by atoms with Crippen LogP contribution in [0.5, 0.6) is 0 Å². The van der Waals surface area contributed by atoms with Crippen LogP contribution < -0.4 is 5.32 Å². The Hall–Kier alpha value is -1.15. The standard InChI is InChI=1S/C11H21N3O4S/c1-4-19(17,18)14-6-5-13(11(16)8-14)7-10(15)12-9(2)3/h9H,4-8H2,1-3H3,(H,12,15). The van der Waals surface area contributed by atoms with E-state index in [2.05, 4.69) is 5.32 Å². The lowest BCUT2D eigenvalue weighted by Crippen LogP contribution is -2.54. The van der Waals surface area contributed by atoms with Gasteiger partial charge in [-0.05, 0) is 20.8 Å². The van der Waals surface area contributed by atoms with Crippen LogP contribution in [0.3, 0.4) is 0 Å². The van der Waals surface area contributed by atoms with Crippen LogP contribution in [0, 0.1) is 0 Å². The van der Waals surface area contributed by atoms with E-state index in [0.717, 1.165) is 0 Å². The average Bonchev–Trinajstić information content (AvgIpc) is 2.30. The highest BCUT2D eigenvalue weighted by atomic mass is 32.2. The van der Waals surface area contributed by atoms with Gasteiger partial charge in [0.2, 0.25) is 21.8 Å². The van der Waals surface area contributed by atoms with E-state index in [4.69, 9.17) is 0 Å². The van der Waals surface area contributed by atoms with Crippen molar-refractivity contribution < 1.29 is 18.0 Å². The first kappa shape index (κ1) is 15.9. The number of nitrogens with zero attached hydrogens (tertiary/aromatic N) is 2. The molecular weight excluding hydrogens is 270 g/mol. The van der Waals surface area contributed by atoms with Crippen molar-refractivity contribution in [2.75, 3.05) is 31.9 Å². The quantitative estimate of drug-likeness (QED) is 0.704. The molecule has 0 aromatic rings. The van der Waals surface area contributed by atoms with Crippen molar-refractivity contribution >= 4 is 21.8 Å². The maximum absolute atomic E-state index is 11.8. The van der Waals surface area contributed by atoms with Gasteiger partial charge in [0.25, 0.3) is 0 Å². The molecule has 0 aromatic heterocycles. The highest BCUT2D eigenvalue weighted by Crippen LogP contribution is 2.08. The third kappa shape index (κ3) is 4.46. The second kappa shape index (κ2) is 6.33. The molecule has 1 N–H and O–H groups in total. The summed E-state index contributed by atoms with van der Waals surface area (Å²) in [5.74, 6) is -0.578. The van der Waals surface area contributed by atoms with Gasteiger partial charge >= 0.3 is 0 Å². The molecule has 0 spiro atoms. The topological polar surface area (TPSA) is 86.8 Å². The summed E-state index contributed by atoms with van der Waals surface area (Å²) in [6.45, 7) is 5.53. The maximum Gasteiger partial charge on any atom is 0.239 e. The Balaban J connectivity index is 2.56. The van der Waals surface area contributed by atoms with Crippen LogP contribution in [0.25, 0.3) is 0 Å². The molecule has 0 unspecified atom stereocenters. The van der Waals surface area contributed by atoms with Crippen LogP contribution in [-0.4, -0.2) is 67.4 Å². The van der Waals surface area contributed by atoms with E-state index in [1.807, 2.05) is 13.8 Å². The number of piperazine rings is 1. The van der Waals surface area contributed by atoms with Crippen molar-refractivity contribution in [2.45, 2.75) is 26.8 Å². The largest absolute Gasteiger partial charge is 0.352 e. The van der Waals surface area contributed by atoms with Crippen molar-refractivity contribution in [1.82, 2.24) is 14.5 Å². The molecule has 8 heteroatoms. The second-order valence-corrected chi connectivity index (χ2v) is 7.03. The molecule has 0 aromatic carbocycles. The van der Waals surface area contributed by atoms with Gasteiger partial charge in [-0.2, -0.15) is 4.31 Å². The SMILES string of the molecule is CCS(=O)(=O)N1CCN(CC(=O)NC(C)C)C(=O)C1. The van der Waals surface area contributed by atoms with Gasteiger partial charge < -0.3 is 10.2 Å². The van der Waals surface area contributed by atoms with Crippen LogP contribution in [-0.2, 0) is 19.6 Å². The highest BCUT2D eigenvalue weighted by Gasteiger charge is 2.31. The van der Waals surface area contributed by atoms with Gasteiger partial charge in [-0.3, -0.25) is 9.59 Å². The van der Waals surface area contributed by atoms with Crippen LogP contribution in [0.15, 0.2) is 0 Å². The minimum Gasteiger partial charge on any atom is -0.352 e. The minimum atomic E-state index is -3.34. The lowest BCUT2D eigenvalue weighted by Gasteiger charge is -2.33. The van der Waals surface area contributed by atoms with E-state index in [-0.39, 0.29) is 49.8 Å². The number of sulfonamides is 1. The smallest absolute Gasteiger partial charge is 0.239 e. The summed E-state index contributed by atoms with van der Waals surface area (Å²) in [5.41, 5.74) is 0. The van der Waals surface area contributed by atoms with Crippen LogP contribution in [0.2, 0.25) is 0 Å². The van der Waals surface area contributed by atoms with E-state index >= 15 is 0 Å². The predicted molar refractivity (Wildman–Crippen MR) is 70.9 cm³/mol. The number of carbonyl (C=O) groups is 2. The fourth-order valence-electron chi connectivity index (χ4n) is 1.82. The summed E-state index contributed by atoms with van der Waals surface area (Å²) >= 11 is 0. The fraction of sp³-hybridized carbons (Fsp3) is 0.818. The third-order valence-corrected chi connectivity index (χ3v) is 4.65. The summed E-state index contributed by atoms with van der Waals surface area (Å²) in [7, 11) is -3.34. The molecule has 1 rings (SSSR count). The minimum absolute atomic E-state index is 0.0168. The summed E-state index contributed by atoms with van der Waals surface area (Å²) in [6.07, 6.45) is 0. The van der Waals surface area contributed by atoms with E-state index in [9.17, 15) is 18.0 Å². The Bertz CT molecular complexity index is 447. The van der Waals surface area contributed by atoms with Crippen LogP contribution in [0.1, 0.15) is 20.8 Å². The number of carbonyl (C=O) groups excluding carboxylic acids is 2. The molecule has 1 heterocycles. The van der Waals surface area contributed by atoms with Gasteiger partial charge in [-0.25, -0.2) is 8.42 Å². The summed E-state index contributed by atoms with van der Waals surface area (Å²) in [4.78, 5) is 24.8. The van der Waals surface area contributed by atoms with Gasteiger partial charge in [0.05, 0.1) is 18.8 Å². The molecule has 1 fully saturated rings. The Morgan fingerprint density at radius 3 is 2.47 bits per heavy atom. The summed E-state index contributed by atoms with van der Waals surface area (Å²) < 4.78 is 24.5. The lowest BCUT2D eigenvalue weighted by atomic mass is 10.3. The molecule has 0 aliphatic carbocycles. The molecule has 1 aliphatic rings. The zero-order chi connectivity index (χ0) is 14.6. The Morgan fingerprint density at radius 1 is 1.37 bits per heavy atom. The van der Waals surface area contributed by atoms with Crippen LogP contribution in [0.4, 0.5) is 0 Å². The fourth-order valence-corrected chi connectivity index (χ4v) is 2.85. The van der Waals surface area contributed by atoms with Crippen molar-refractivity contribution in [3.63, 3.8) is 0 Å². The van der Waals surface area contributed by atoms with E-state index < -0.39 is 10.0 Å². The monoisotopic (exact) mass is 291 g/mol.